The fourth-order valence-corrected chi connectivity index (χ4v) is 1.63. The summed E-state index contributed by atoms with van der Waals surface area (Å²) in [5, 5.41) is 0.505. The molecule has 0 aliphatic carbocycles. The second-order valence-corrected chi connectivity index (χ2v) is 4.10. The van der Waals surface area contributed by atoms with Gasteiger partial charge in [0.1, 0.15) is 5.15 Å². The summed E-state index contributed by atoms with van der Waals surface area (Å²) in [5.41, 5.74) is 3.84. The number of halogens is 1. The molecule has 0 aliphatic rings. The van der Waals surface area contributed by atoms with Crippen molar-refractivity contribution in [2.45, 2.75) is 20.8 Å². The van der Waals surface area contributed by atoms with Crippen LogP contribution in [0, 0.1) is 20.8 Å². The van der Waals surface area contributed by atoms with Crippen molar-refractivity contribution in [3.63, 3.8) is 0 Å². The average molecular weight is 234 g/mol. The van der Waals surface area contributed by atoms with Gasteiger partial charge >= 0.3 is 0 Å². The lowest BCUT2D eigenvalue weighted by Gasteiger charge is -2.07. The van der Waals surface area contributed by atoms with Gasteiger partial charge < -0.3 is 0 Å². The van der Waals surface area contributed by atoms with Crippen molar-refractivity contribution in [2.24, 2.45) is 0 Å². The van der Waals surface area contributed by atoms with Crippen LogP contribution in [0.5, 0.6) is 0 Å². The van der Waals surface area contributed by atoms with Crippen LogP contribution >= 0.6 is 11.6 Å². The third kappa shape index (κ3) is 1.91. The normalized spacial score (nSPS) is 10.5. The van der Waals surface area contributed by atoms with E-state index in [0.29, 0.717) is 11.0 Å². The van der Waals surface area contributed by atoms with Crippen LogP contribution in [0.3, 0.4) is 0 Å². The Morgan fingerprint density at radius 2 is 1.88 bits per heavy atom. The zero-order valence-electron chi connectivity index (χ0n) is 9.45. The molecule has 0 aromatic carbocycles. The standard InChI is InChI=1S/C12H12ClN3/c1-7-4-5-14-6-10(7)12-15-9(3)8(2)11(13)16-12/h4-6H,1-3H3. The lowest BCUT2D eigenvalue weighted by atomic mass is 10.1. The highest BCUT2D eigenvalue weighted by Crippen LogP contribution is 2.22. The van der Waals surface area contributed by atoms with Gasteiger partial charge in [0.25, 0.3) is 0 Å². The molecule has 0 fully saturated rings. The Morgan fingerprint density at radius 1 is 1.12 bits per heavy atom. The third-order valence-corrected chi connectivity index (χ3v) is 2.98. The molecule has 0 spiro atoms. The Kier molecular flexibility index (Phi) is 2.88. The second kappa shape index (κ2) is 4.18. The summed E-state index contributed by atoms with van der Waals surface area (Å²) >= 11 is 6.05. The SMILES string of the molecule is Cc1ccncc1-c1nc(C)c(C)c(Cl)n1. The average Bonchev–Trinajstić information content (AvgIpc) is 2.26. The Hall–Kier alpha value is -1.48. The molecule has 0 aliphatic heterocycles. The van der Waals surface area contributed by atoms with Crippen LogP contribution in [-0.2, 0) is 0 Å². The third-order valence-electron chi connectivity index (χ3n) is 2.61. The van der Waals surface area contributed by atoms with Crippen LogP contribution in [0.15, 0.2) is 18.5 Å². The Morgan fingerprint density at radius 3 is 2.50 bits per heavy atom. The molecule has 3 nitrogen and oxygen atoms in total. The molecule has 2 aromatic heterocycles. The summed E-state index contributed by atoms with van der Waals surface area (Å²) in [7, 11) is 0. The van der Waals surface area contributed by atoms with Gasteiger partial charge in [-0.3, -0.25) is 4.98 Å². The number of hydrogen-bond donors (Lipinski definition) is 0. The molecule has 0 N–H and O–H groups in total. The summed E-state index contributed by atoms with van der Waals surface area (Å²) < 4.78 is 0. The van der Waals surface area contributed by atoms with Crippen molar-refractivity contribution in [1.82, 2.24) is 15.0 Å². The molecule has 16 heavy (non-hydrogen) atoms. The molecule has 0 radical (unpaired) electrons. The molecule has 2 heterocycles. The Balaban J connectivity index is 2.62. The summed E-state index contributed by atoms with van der Waals surface area (Å²) in [4.78, 5) is 12.8. The van der Waals surface area contributed by atoms with Gasteiger partial charge in [0.15, 0.2) is 5.82 Å². The van der Waals surface area contributed by atoms with Gasteiger partial charge in [-0.15, -0.1) is 0 Å². The van der Waals surface area contributed by atoms with E-state index in [9.17, 15) is 0 Å². The van der Waals surface area contributed by atoms with E-state index >= 15 is 0 Å². The van der Waals surface area contributed by atoms with Crippen LogP contribution < -0.4 is 0 Å². The van der Waals surface area contributed by atoms with Gasteiger partial charge in [-0.25, -0.2) is 9.97 Å². The van der Waals surface area contributed by atoms with E-state index in [-0.39, 0.29) is 0 Å². The molecule has 2 rings (SSSR count). The molecule has 82 valence electrons. The quantitative estimate of drug-likeness (QED) is 0.711. The first-order chi connectivity index (χ1) is 7.59. The van der Waals surface area contributed by atoms with Crippen LogP contribution in [0.4, 0.5) is 0 Å². The first kappa shape index (κ1) is 11.0. The van der Waals surface area contributed by atoms with Gasteiger partial charge in [0.2, 0.25) is 0 Å². The van der Waals surface area contributed by atoms with E-state index in [0.717, 1.165) is 22.4 Å². The highest BCUT2D eigenvalue weighted by atomic mass is 35.5. The van der Waals surface area contributed by atoms with Crippen molar-refractivity contribution >= 4 is 11.6 Å². The number of aromatic nitrogens is 3. The maximum Gasteiger partial charge on any atom is 0.162 e. The van der Waals surface area contributed by atoms with E-state index in [2.05, 4.69) is 15.0 Å². The fourth-order valence-electron chi connectivity index (χ4n) is 1.41. The monoisotopic (exact) mass is 233 g/mol. The summed E-state index contributed by atoms with van der Waals surface area (Å²) in [6.45, 7) is 5.85. The van der Waals surface area contributed by atoms with E-state index in [1.54, 1.807) is 12.4 Å². The number of aryl methyl sites for hydroxylation is 2. The predicted octanol–water partition coefficient (Wildman–Crippen LogP) is 3.12. The smallest absolute Gasteiger partial charge is 0.162 e. The lowest BCUT2D eigenvalue weighted by Crippen LogP contribution is -1.98. The molecule has 2 aromatic rings. The minimum absolute atomic E-state index is 0.505. The predicted molar refractivity (Wildman–Crippen MR) is 64.5 cm³/mol. The minimum Gasteiger partial charge on any atom is -0.264 e. The van der Waals surface area contributed by atoms with Crippen molar-refractivity contribution < 1.29 is 0 Å². The van der Waals surface area contributed by atoms with Gasteiger partial charge in [-0.05, 0) is 32.4 Å². The fraction of sp³-hybridized carbons (Fsp3) is 0.250. The first-order valence-electron chi connectivity index (χ1n) is 5.01. The van der Waals surface area contributed by atoms with Gasteiger partial charge in [0.05, 0.1) is 0 Å². The minimum atomic E-state index is 0.505. The molecule has 0 unspecified atom stereocenters. The summed E-state index contributed by atoms with van der Waals surface area (Å²) in [6, 6.07) is 1.93. The van der Waals surface area contributed by atoms with Crippen molar-refractivity contribution in [1.29, 1.82) is 0 Å². The van der Waals surface area contributed by atoms with Gasteiger partial charge in [0, 0.05) is 29.2 Å². The van der Waals surface area contributed by atoms with Gasteiger partial charge in [-0.2, -0.15) is 0 Å². The molecular formula is C12H12ClN3. The highest BCUT2D eigenvalue weighted by Gasteiger charge is 2.09. The zero-order chi connectivity index (χ0) is 11.7. The van der Waals surface area contributed by atoms with E-state index < -0.39 is 0 Å². The summed E-state index contributed by atoms with van der Waals surface area (Å²) in [6.07, 6.45) is 3.51. The zero-order valence-corrected chi connectivity index (χ0v) is 10.2. The number of hydrogen-bond acceptors (Lipinski definition) is 3. The van der Waals surface area contributed by atoms with Crippen molar-refractivity contribution in [3.8, 4) is 11.4 Å². The van der Waals surface area contributed by atoms with Crippen molar-refractivity contribution in [2.75, 3.05) is 0 Å². The molecule has 4 heteroatoms. The van der Waals surface area contributed by atoms with Crippen LogP contribution in [0.1, 0.15) is 16.8 Å². The van der Waals surface area contributed by atoms with E-state index in [1.807, 2.05) is 26.8 Å². The molecule has 0 amide bonds. The maximum absolute atomic E-state index is 6.05. The molecular weight excluding hydrogens is 222 g/mol. The summed E-state index contributed by atoms with van der Waals surface area (Å²) in [5.74, 6) is 0.638. The first-order valence-corrected chi connectivity index (χ1v) is 5.39. The molecule has 0 saturated heterocycles. The molecule has 0 saturated carbocycles. The van der Waals surface area contributed by atoms with Crippen LogP contribution in [0.25, 0.3) is 11.4 Å². The topological polar surface area (TPSA) is 38.7 Å². The largest absolute Gasteiger partial charge is 0.264 e. The van der Waals surface area contributed by atoms with Crippen LogP contribution in [0.2, 0.25) is 5.15 Å². The van der Waals surface area contributed by atoms with Crippen molar-refractivity contribution in [3.05, 3.63) is 40.4 Å². The Bertz CT molecular complexity index is 515. The van der Waals surface area contributed by atoms with E-state index in [4.69, 9.17) is 11.6 Å². The number of rotatable bonds is 1. The number of pyridine rings is 1. The second-order valence-electron chi connectivity index (χ2n) is 3.74. The Labute approximate surface area is 99.5 Å². The maximum atomic E-state index is 6.05. The lowest BCUT2D eigenvalue weighted by molar-refractivity contribution is 1.06. The molecule has 0 bridgehead atoms. The number of nitrogens with zero attached hydrogens (tertiary/aromatic N) is 3. The molecule has 0 atom stereocenters. The van der Waals surface area contributed by atoms with E-state index in [1.165, 1.54) is 0 Å². The highest BCUT2D eigenvalue weighted by molar-refractivity contribution is 6.30. The van der Waals surface area contributed by atoms with Gasteiger partial charge in [-0.1, -0.05) is 11.6 Å². The van der Waals surface area contributed by atoms with Crippen LogP contribution in [-0.4, -0.2) is 15.0 Å².